The molecule has 2 aliphatic carbocycles. The molecule has 2 N–H and O–H groups in total. The van der Waals surface area contributed by atoms with Gasteiger partial charge in [-0.1, -0.05) is 19.8 Å². The van der Waals surface area contributed by atoms with Crippen LogP contribution < -0.4 is 5.32 Å². The fraction of sp³-hybridized carbons (Fsp3) is 0.812. The zero-order valence-electron chi connectivity index (χ0n) is 12.5. The molecule has 1 aromatic heterocycles. The number of rotatable bonds is 4. The smallest absolute Gasteiger partial charge is 0.0781 e. The SMILES string of the molecule is CCCNC1CCCc2c1cnn2C1CCCCC1O. The molecule has 0 spiro atoms. The van der Waals surface area contributed by atoms with Gasteiger partial charge in [-0.2, -0.15) is 5.10 Å². The van der Waals surface area contributed by atoms with Crippen molar-refractivity contribution in [2.75, 3.05) is 6.54 Å². The molecule has 3 rings (SSSR count). The summed E-state index contributed by atoms with van der Waals surface area (Å²) in [5.74, 6) is 0. The van der Waals surface area contributed by atoms with Crippen LogP contribution >= 0.6 is 0 Å². The molecule has 0 radical (unpaired) electrons. The number of hydrogen-bond acceptors (Lipinski definition) is 3. The van der Waals surface area contributed by atoms with Gasteiger partial charge in [0.2, 0.25) is 0 Å². The van der Waals surface area contributed by atoms with Gasteiger partial charge in [0.15, 0.2) is 0 Å². The third-order valence-corrected chi connectivity index (χ3v) is 4.86. The van der Waals surface area contributed by atoms with Gasteiger partial charge in [-0.25, -0.2) is 0 Å². The summed E-state index contributed by atoms with van der Waals surface area (Å²) in [5, 5.41) is 18.6. The third-order valence-electron chi connectivity index (χ3n) is 4.86. The summed E-state index contributed by atoms with van der Waals surface area (Å²) < 4.78 is 2.15. The molecule has 2 aliphatic rings. The Labute approximate surface area is 121 Å². The maximum Gasteiger partial charge on any atom is 0.0781 e. The van der Waals surface area contributed by atoms with Gasteiger partial charge in [0.25, 0.3) is 0 Å². The van der Waals surface area contributed by atoms with E-state index in [1.165, 1.54) is 36.9 Å². The van der Waals surface area contributed by atoms with Gasteiger partial charge >= 0.3 is 0 Å². The van der Waals surface area contributed by atoms with Crippen molar-refractivity contribution >= 4 is 0 Å². The highest BCUT2D eigenvalue weighted by atomic mass is 16.3. The number of hydrogen-bond donors (Lipinski definition) is 2. The highest BCUT2D eigenvalue weighted by Gasteiger charge is 2.30. The normalized spacial score (nSPS) is 30.2. The van der Waals surface area contributed by atoms with E-state index < -0.39 is 0 Å². The molecule has 1 aromatic rings. The first kappa shape index (κ1) is 14.1. The van der Waals surface area contributed by atoms with Crippen molar-refractivity contribution in [1.82, 2.24) is 15.1 Å². The van der Waals surface area contributed by atoms with E-state index in [4.69, 9.17) is 0 Å². The Kier molecular flexibility index (Phi) is 4.41. The minimum Gasteiger partial charge on any atom is -0.391 e. The molecular formula is C16H27N3O. The van der Waals surface area contributed by atoms with Crippen molar-refractivity contribution < 1.29 is 5.11 Å². The summed E-state index contributed by atoms with van der Waals surface area (Å²) in [7, 11) is 0. The van der Waals surface area contributed by atoms with Gasteiger partial charge < -0.3 is 10.4 Å². The maximum atomic E-state index is 10.3. The van der Waals surface area contributed by atoms with E-state index in [1.807, 2.05) is 6.20 Å². The van der Waals surface area contributed by atoms with Gasteiger partial charge in [0.1, 0.15) is 0 Å². The lowest BCUT2D eigenvalue weighted by Crippen LogP contribution is -2.31. The summed E-state index contributed by atoms with van der Waals surface area (Å²) >= 11 is 0. The Morgan fingerprint density at radius 1 is 1.30 bits per heavy atom. The van der Waals surface area contributed by atoms with Crippen LogP contribution in [-0.4, -0.2) is 27.5 Å². The molecule has 0 amide bonds. The number of nitrogens with zero attached hydrogens (tertiary/aromatic N) is 2. The molecule has 20 heavy (non-hydrogen) atoms. The monoisotopic (exact) mass is 277 g/mol. The molecule has 1 saturated carbocycles. The number of aliphatic hydroxyl groups excluding tert-OH is 1. The molecule has 4 nitrogen and oxygen atoms in total. The molecule has 3 unspecified atom stereocenters. The average molecular weight is 277 g/mol. The average Bonchev–Trinajstić information content (AvgIpc) is 2.90. The summed E-state index contributed by atoms with van der Waals surface area (Å²) in [4.78, 5) is 0. The quantitative estimate of drug-likeness (QED) is 0.889. The summed E-state index contributed by atoms with van der Waals surface area (Å²) in [6, 6.07) is 0.672. The zero-order valence-corrected chi connectivity index (χ0v) is 12.5. The van der Waals surface area contributed by atoms with Crippen LogP contribution in [0.5, 0.6) is 0 Å². The highest BCUT2D eigenvalue weighted by molar-refractivity contribution is 5.25. The molecule has 4 heteroatoms. The third kappa shape index (κ3) is 2.63. The van der Waals surface area contributed by atoms with Crippen LogP contribution in [-0.2, 0) is 6.42 Å². The van der Waals surface area contributed by atoms with Crippen LogP contribution in [0.1, 0.15) is 75.2 Å². The van der Waals surface area contributed by atoms with Crippen molar-refractivity contribution in [3.05, 3.63) is 17.5 Å². The van der Waals surface area contributed by atoms with Crippen molar-refractivity contribution in [2.45, 2.75) is 76.5 Å². The van der Waals surface area contributed by atoms with E-state index in [2.05, 4.69) is 22.0 Å². The second-order valence-electron chi connectivity index (χ2n) is 6.31. The molecule has 3 atom stereocenters. The van der Waals surface area contributed by atoms with Crippen molar-refractivity contribution in [2.24, 2.45) is 0 Å². The van der Waals surface area contributed by atoms with Gasteiger partial charge in [0, 0.05) is 17.3 Å². The van der Waals surface area contributed by atoms with Crippen LogP contribution in [0.15, 0.2) is 6.20 Å². The van der Waals surface area contributed by atoms with E-state index in [0.717, 1.165) is 32.2 Å². The lowest BCUT2D eigenvalue weighted by molar-refractivity contribution is 0.0676. The second kappa shape index (κ2) is 6.27. The van der Waals surface area contributed by atoms with Crippen molar-refractivity contribution in [3.8, 4) is 0 Å². The fourth-order valence-corrected chi connectivity index (χ4v) is 3.77. The summed E-state index contributed by atoms with van der Waals surface area (Å²) in [6.45, 7) is 3.28. The molecule has 0 aromatic carbocycles. The Balaban J connectivity index is 1.82. The Hall–Kier alpha value is -0.870. The number of aromatic nitrogens is 2. The molecule has 1 fully saturated rings. The zero-order chi connectivity index (χ0) is 13.9. The van der Waals surface area contributed by atoms with Crippen LogP contribution in [0, 0.1) is 0 Å². The first-order chi connectivity index (χ1) is 9.81. The van der Waals surface area contributed by atoms with Gasteiger partial charge in [0.05, 0.1) is 18.3 Å². The van der Waals surface area contributed by atoms with Crippen LogP contribution in [0.4, 0.5) is 0 Å². The van der Waals surface area contributed by atoms with E-state index in [-0.39, 0.29) is 12.1 Å². The number of fused-ring (bicyclic) bond motifs is 1. The van der Waals surface area contributed by atoms with Gasteiger partial charge in [-0.05, 0) is 45.1 Å². The Bertz CT molecular complexity index is 443. The summed E-state index contributed by atoms with van der Waals surface area (Å²) in [6.07, 6.45) is 10.9. The molecule has 0 saturated heterocycles. The second-order valence-corrected chi connectivity index (χ2v) is 6.31. The highest BCUT2D eigenvalue weighted by Crippen LogP contribution is 2.35. The molecule has 0 bridgehead atoms. The Morgan fingerprint density at radius 3 is 2.95 bits per heavy atom. The van der Waals surface area contributed by atoms with E-state index in [0.29, 0.717) is 6.04 Å². The van der Waals surface area contributed by atoms with E-state index in [1.54, 1.807) is 0 Å². The Morgan fingerprint density at radius 2 is 2.15 bits per heavy atom. The largest absolute Gasteiger partial charge is 0.391 e. The van der Waals surface area contributed by atoms with Crippen LogP contribution in [0.2, 0.25) is 0 Å². The summed E-state index contributed by atoms with van der Waals surface area (Å²) in [5.41, 5.74) is 2.75. The van der Waals surface area contributed by atoms with E-state index in [9.17, 15) is 5.11 Å². The number of aliphatic hydroxyl groups is 1. The van der Waals surface area contributed by atoms with Crippen LogP contribution in [0.25, 0.3) is 0 Å². The number of nitrogens with one attached hydrogen (secondary N) is 1. The fourth-order valence-electron chi connectivity index (χ4n) is 3.77. The molecular weight excluding hydrogens is 250 g/mol. The lowest BCUT2D eigenvalue weighted by Gasteiger charge is -2.31. The van der Waals surface area contributed by atoms with Gasteiger partial charge in [-0.3, -0.25) is 4.68 Å². The molecule has 0 aliphatic heterocycles. The lowest BCUT2D eigenvalue weighted by atomic mass is 9.90. The van der Waals surface area contributed by atoms with Gasteiger partial charge in [-0.15, -0.1) is 0 Å². The minimum absolute atomic E-state index is 0.206. The standard InChI is InChI=1S/C16H27N3O/c1-2-10-17-13-6-5-8-14-12(13)11-18-19(14)15-7-3-4-9-16(15)20/h11,13,15-17,20H,2-10H2,1H3. The predicted octanol–water partition coefficient (Wildman–Crippen LogP) is 2.74. The van der Waals surface area contributed by atoms with E-state index >= 15 is 0 Å². The minimum atomic E-state index is -0.211. The maximum absolute atomic E-state index is 10.3. The van der Waals surface area contributed by atoms with Crippen molar-refractivity contribution in [3.63, 3.8) is 0 Å². The molecule has 1 heterocycles. The topological polar surface area (TPSA) is 50.1 Å². The predicted molar refractivity (Wildman–Crippen MR) is 79.7 cm³/mol. The first-order valence-corrected chi connectivity index (χ1v) is 8.29. The molecule has 112 valence electrons. The van der Waals surface area contributed by atoms with Crippen LogP contribution in [0.3, 0.4) is 0 Å². The first-order valence-electron chi connectivity index (χ1n) is 8.29. The van der Waals surface area contributed by atoms with Crippen molar-refractivity contribution in [1.29, 1.82) is 0 Å².